The van der Waals surface area contributed by atoms with E-state index in [1.807, 2.05) is 25.1 Å². The predicted octanol–water partition coefficient (Wildman–Crippen LogP) is 3.49. The number of rotatable bonds is 3. The molecule has 16 heavy (non-hydrogen) atoms. The minimum Gasteiger partial charge on any atom is -0.387 e. The topological polar surface area (TPSA) is 33.1 Å². The Bertz CT molecular complexity index is 450. The van der Waals surface area contributed by atoms with Gasteiger partial charge in [-0.25, -0.2) is 0 Å². The Labute approximate surface area is 107 Å². The quantitative estimate of drug-likeness (QED) is 0.941. The Morgan fingerprint density at radius 2 is 2.38 bits per heavy atom. The fourth-order valence-corrected chi connectivity index (χ4v) is 3.05. The summed E-state index contributed by atoms with van der Waals surface area (Å²) in [4.78, 5) is 5.03. The molecule has 84 valence electrons. The zero-order valence-corrected chi connectivity index (χ0v) is 11.3. The summed E-state index contributed by atoms with van der Waals surface area (Å²) >= 11 is 5.05. The molecule has 0 amide bonds. The van der Waals surface area contributed by atoms with Crippen LogP contribution >= 0.6 is 27.3 Å². The molecule has 0 aliphatic carbocycles. The second kappa shape index (κ2) is 5.08. The summed E-state index contributed by atoms with van der Waals surface area (Å²) in [5, 5.41) is 10.1. The summed E-state index contributed by atoms with van der Waals surface area (Å²) in [6.45, 7) is 2.03. The van der Waals surface area contributed by atoms with E-state index in [0.29, 0.717) is 6.42 Å². The van der Waals surface area contributed by atoms with Gasteiger partial charge in [-0.2, -0.15) is 0 Å². The normalized spacial score (nSPS) is 12.7. The molecule has 0 aliphatic heterocycles. The predicted molar refractivity (Wildman–Crippen MR) is 69.7 cm³/mol. The molecule has 1 unspecified atom stereocenters. The summed E-state index contributed by atoms with van der Waals surface area (Å²) in [7, 11) is 0. The number of aromatic nitrogens is 1. The third kappa shape index (κ3) is 2.70. The van der Waals surface area contributed by atoms with Gasteiger partial charge in [0.1, 0.15) is 0 Å². The Hall–Kier alpha value is -0.710. The van der Waals surface area contributed by atoms with Crippen LogP contribution in [0, 0.1) is 6.92 Å². The lowest BCUT2D eigenvalue weighted by atomic mass is 10.1. The molecule has 1 atom stereocenters. The summed E-state index contributed by atoms with van der Waals surface area (Å²) in [6.07, 6.45) is 3.69. The van der Waals surface area contributed by atoms with Gasteiger partial charge in [0.25, 0.3) is 0 Å². The van der Waals surface area contributed by atoms with Crippen LogP contribution in [0.15, 0.2) is 34.4 Å². The summed E-state index contributed by atoms with van der Waals surface area (Å²) in [5.74, 6) is 0. The van der Waals surface area contributed by atoms with Crippen LogP contribution in [0.4, 0.5) is 0 Å². The molecule has 4 heteroatoms. The number of hydrogen-bond acceptors (Lipinski definition) is 3. The number of halogens is 1. The van der Waals surface area contributed by atoms with E-state index in [0.717, 1.165) is 14.2 Å². The second-order valence-electron chi connectivity index (χ2n) is 3.69. The van der Waals surface area contributed by atoms with Crippen LogP contribution in [0.1, 0.15) is 22.1 Å². The minimum absolute atomic E-state index is 0.445. The van der Waals surface area contributed by atoms with Crippen molar-refractivity contribution in [2.24, 2.45) is 0 Å². The van der Waals surface area contributed by atoms with Crippen molar-refractivity contribution in [2.75, 3.05) is 0 Å². The van der Waals surface area contributed by atoms with Gasteiger partial charge in [0.2, 0.25) is 0 Å². The maximum atomic E-state index is 10.1. The van der Waals surface area contributed by atoms with Crippen molar-refractivity contribution < 1.29 is 5.11 Å². The number of aryl methyl sites for hydroxylation is 1. The smallest absolute Gasteiger partial charge is 0.0923 e. The van der Waals surface area contributed by atoms with Crippen molar-refractivity contribution in [1.29, 1.82) is 0 Å². The van der Waals surface area contributed by atoms with E-state index in [4.69, 9.17) is 0 Å². The molecule has 0 fully saturated rings. The zero-order valence-electron chi connectivity index (χ0n) is 8.85. The van der Waals surface area contributed by atoms with Crippen LogP contribution in [0.25, 0.3) is 0 Å². The third-order valence-electron chi connectivity index (χ3n) is 2.36. The average Bonchev–Trinajstić information content (AvgIpc) is 2.61. The van der Waals surface area contributed by atoms with E-state index in [-0.39, 0.29) is 0 Å². The van der Waals surface area contributed by atoms with Crippen molar-refractivity contribution in [3.8, 4) is 0 Å². The van der Waals surface area contributed by atoms with Crippen LogP contribution in [0.3, 0.4) is 0 Å². The molecule has 0 radical (unpaired) electrons. The Kier molecular flexibility index (Phi) is 3.74. The van der Waals surface area contributed by atoms with Gasteiger partial charge < -0.3 is 5.11 Å². The first-order valence-electron chi connectivity index (χ1n) is 4.99. The lowest BCUT2D eigenvalue weighted by molar-refractivity contribution is 0.182. The molecule has 2 aromatic rings. The van der Waals surface area contributed by atoms with Crippen LogP contribution < -0.4 is 0 Å². The van der Waals surface area contributed by atoms with Crippen molar-refractivity contribution in [2.45, 2.75) is 19.4 Å². The lowest BCUT2D eigenvalue weighted by Crippen LogP contribution is -1.99. The molecule has 0 spiro atoms. The fraction of sp³-hybridized carbons (Fsp3) is 0.250. The van der Waals surface area contributed by atoms with Gasteiger partial charge in [0.05, 0.1) is 9.89 Å². The second-order valence-corrected chi connectivity index (χ2v) is 6.09. The molecular formula is C12H12BrNOS. The number of aliphatic hydroxyl groups is 1. The molecule has 0 aromatic carbocycles. The molecule has 2 heterocycles. The van der Waals surface area contributed by atoms with Crippen molar-refractivity contribution >= 4 is 27.3 Å². The maximum Gasteiger partial charge on any atom is 0.0923 e. The highest BCUT2D eigenvalue weighted by molar-refractivity contribution is 9.11. The van der Waals surface area contributed by atoms with Crippen molar-refractivity contribution in [3.63, 3.8) is 0 Å². The van der Waals surface area contributed by atoms with E-state index in [9.17, 15) is 5.11 Å². The summed E-state index contributed by atoms with van der Waals surface area (Å²) in [6, 6.07) is 5.89. The number of aliphatic hydroxyl groups excluding tert-OH is 1. The van der Waals surface area contributed by atoms with E-state index in [1.54, 1.807) is 23.7 Å². The highest BCUT2D eigenvalue weighted by Gasteiger charge is 2.12. The minimum atomic E-state index is -0.445. The lowest BCUT2D eigenvalue weighted by Gasteiger charge is -2.07. The zero-order chi connectivity index (χ0) is 11.5. The first-order valence-corrected chi connectivity index (χ1v) is 6.60. The number of pyridine rings is 1. The van der Waals surface area contributed by atoms with Crippen LogP contribution in [-0.4, -0.2) is 10.1 Å². The highest BCUT2D eigenvalue weighted by atomic mass is 79.9. The molecule has 0 bridgehead atoms. The van der Waals surface area contributed by atoms with Gasteiger partial charge in [0, 0.05) is 23.7 Å². The summed E-state index contributed by atoms with van der Waals surface area (Å²) in [5.41, 5.74) is 2.22. The van der Waals surface area contributed by atoms with E-state index in [2.05, 4.69) is 20.9 Å². The fourth-order valence-electron chi connectivity index (χ4n) is 1.49. The van der Waals surface area contributed by atoms with Gasteiger partial charge in [-0.3, -0.25) is 4.98 Å². The highest BCUT2D eigenvalue weighted by Crippen LogP contribution is 2.32. The van der Waals surface area contributed by atoms with Crippen molar-refractivity contribution in [1.82, 2.24) is 4.98 Å². The number of hydrogen-bond donors (Lipinski definition) is 1. The first-order chi connectivity index (χ1) is 7.66. The largest absolute Gasteiger partial charge is 0.387 e. The van der Waals surface area contributed by atoms with Gasteiger partial charge in [-0.05, 0) is 46.1 Å². The molecule has 1 N–H and O–H groups in total. The molecule has 2 nitrogen and oxygen atoms in total. The van der Waals surface area contributed by atoms with E-state index in [1.165, 1.54) is 5.56 Å². The molecule has 0 saturated heterocycles. The van der Waals surface area contributed by atoms with Crippen LogP contribution in [0.2, 0.25) is 0 Å². The molecule has 0 saturated carbocycles. The van der Waals surface area contributed by atoms with Crippen molar-refractivity contribution in [3.05, 3.63) is 50.4 Å². The SMILES string of the molecule is Cc1cc(C(O)Cc2cccnc2)sc1Br. The Morgan fingerprint density at radius 3 is 2.94 bits per heavy atom. The van der Waals surface area contributed by atoms with Gasteiger partial charge in [0.15, 0.2) is 0 Å². The van der Waals surface area contributed by atoms with Gasteiger partial charge in [-0.1, -0.05) is 6.07 Å². The van der Waals surface area contributed by atoms with E-state index >= 15 is 0 Å². The first kappa shape index (κ1) is 11.8. The van der Waals surface area contributed by atoms with E-state index < -0.39 is 6.10 Å². The van der Waals surface area contributed by atoms with Gasteiger partial charge in [-0.15, -0.1) is 11.3 Å². The van der Waals surface area contributed by atoms with Crippen LogP contribution in [0.5, 0.6) is 0 Å². The molecule has 0 aliphatic rings. The monoisotopic (exact) mass is 297 g/mol. The standard InChI is InChI=1S/C12H12BrNOS/c1-8-5-11(16-12(8)13)10(15)6-9-3-2-4-14-7-9/h2-5,7,10,15H,6H2,1H3. The average molecular weight is 298 g/mol. The number of nitrogens with zero attached hydrogens (tertiary/aromatic N) is 1. The molecule has 2 aromatic heterocycles. The molecular weight excluding hydrogens is 286 g/mol. The molecule has 2 rings (SSSR count). The Morgan fingerprint density at radius 1 is 1.56 bits per heavy atom. The maximum absolute atomic E-state index is 10.1. The van der Waals surface area contributed by atoms with Gasteiger partial charge >= 0.3 is 0 Å². The number of thiophene rings is 1. The van der Waals surface area contributed by atoms with Crippen LogP contribution in [-0.2, 0) is 6.42 Å². The third-order valence-corrected chi connectivity index (χ3v) is 4.59. The Balaban J connectivity index is 2.11. The summed E-state index contributed by atoms with van der Waals surface area (Å²) < 4.78 is 1.09.